The van der Waals surface area contributed by atoms with Gasteiger partial charge in [0.05, 0.1) is 14.2 Å². The third-order valence-corrected chi connectivity index (χ3v) is 4.49. The number of ether oxygens (including phenoxy) is 2. The molecule has 1 aliphatic heterocycles. The van der Waals surface area contributed by atoms with Crippen molar-refractivity contribution >= 4 is 5.91 Å². The van der Waals surface area contributed by atoms with E-state index in [2.05, 4.69) is 11.8 Å². The molecule has 1 unspecified atom stereocenters. The van der Waals surface area contributed by atoms with Gasteiger partial charge in [-0.15, -0.1) is 0 Å². The molecule has 1 aromatic carbocycles. The van der Waals surface area contributed by atoms with Crippen LogP contribution in [0.5, 0.6) is 11.5 Å². The highest BCUT2D eigenvalue weighted by Crippen LogP contribution is 2.28. The highest BCUT2D eigenvalue weighted by molar-refractivity contribution is 5.77. The number of hydrogen-bond acceptors (Lipinski definition) is 3. The van der Waals surface area contributed by atoms with E-state index in [0.717, 1.165) is 49.3 Å². The summed E-state index contributed by atoms with van der Waals surface area (Å²) < 4.78 is 10.6. The van der Waals surface area contributed by atoms with Crippen LogP contribution in [0.4, 0.5) is 0 Å². The van der Waals surface area contributed by atoms with Gasteiger partial charge in [0, 0.05) is 19.0 Å². The van der Waals surface area contributed by atoms with Crippen molar-refractivity contribution in [1.29, 1.82) is 0 Å². The molecule has 1 fully saturated rings. The van der Waals surface area contributed by atoms with E-state index in [-0.39, 0.29) is 5.91 Å². The number of benzene rings is 1. The van der Waals surface area contributed by atoms with Crippen molar-refractivity contribution in [2.24, 2.45) is 0 Å². The van der Waals surface area contributed by atoms with E-state index in [0.29, 0.717) is 12.5 Å². The zero-order valence-electron chi connectivity index (χ0n) is 13.9. The summed E-state index contributed by atoms with van der Waals surface area (Å²) >= 11 is 0. The summed E-state index contributed by atoms with van der Waals surface area (Å²) in [6, 6.07) is 6.29. The Bertz CT molecular complexity index is 501. The fourth-order valence-electron chi connectivity index (χ4n) is 3.18. The lowest BCUT2D eigenvalue weighted by atomic mass is 9.99. The van der Waals surface area contributed by atoms with Gasteiger partial charge in [0.25, 0.3) is 0 Å². The average molecular weight is 305 g/mol. The minimum Gasteiger partial charge on any atom is -0.493 e. The standard InChI is InChI=1S/C18H27NO3/c1-4-15-7-5-6-12-19(15)18(20)11-9-14-8-10-16(21-2)17(13-14)22-3/h8,10,13,15H,4-7,9,11-12H2,1-3H3. The number of nitrogens with zero attached hydrogens (tertiary/aromatic N) is 1. The SMILES string of the molecule is CCC1CCCCN1C(=O)CCc1ccc(OC)c(OC)c1. The van der Waals surface area contributed by atoms with Gasteiger partial charge in [-0.1, -0.05) is 13.0 Å². The topological polar surface area (TPSA) is 38.8 Å². The Morgan fingerprint density at radius 3 is 2.68 bits per heavy atom. The number of hydrogen-bond donors (Lipinski definition) is 0. The molecule has 1 aromatic rings. The normalized spacial score (nSPS) is 18.1. The van der Waals surface area contributed by atoms with Gasteiger partial charge in [0.2, 0.25) is 5.91 Å². The Morgan fingerprint density at radius 1 is 1.23 bits per heavy atom. The summed E-state index contributed by atoms with van der Waals surface area (Å²) in [5.41, 5.74) is 1.11. The van der Waals surface area contributed by atoms with E-state index in [4.69, 9.17) is 9.47 Å². The summed E-state index contributed by atoms with van der Waals surface area (Å²) in [6.45, 7) is 3.09. The smallest absolute Gasteiger partial charge is 0.223 e. The first-order valence-corrected chi connectivity index (χ1v) is 8.20. The van der Waals surface area contributed by atoms with Crippen molar-refractivity contribution in [1.82, 2.24) is 4.90 Å². The molecule has 1 saturated heterocycles. The number of carbonyl (C=O) groups is 1. The molecule has 0 saturated carbocycles. The lowest BCUT2D eigenvalue weighted by Gasteiger charge is -2.35. The zero-order chi connectivity index (χ0) is 15.9. The van der Waals surface area contributed by atoms with Crippen LogP contribution in [0.3, 0.4) is 0 Å². The van der Waals surface area contributed by atoms with Gasteiger partial charge in [-0.25, -0.2) is 0 Å². The minimum atomic E-state index is 0.279. The lowest BCUT2D eigenvalue weighted by molar-refractivity contribution is -0.134. The molecule has 4 heteroatoms. The third-order valence-electron chi connectivity index (χ3n) is 4.49. The van der Waals surface area contributed by atoms with Crippen LogP contribution in [0.1, 0.15) is 44.6 Å². The number of likely N-dealkylation sites (tertiary alicyclic amines) is 1. The number of carbonyl (C=O) groups excluding carboxylic acids is 1. The Balaban J connectivity index is 1.95. The molecule has 1 heterocycles. The van der Waals surface area contributed by atoms with E-state index >= 15 is 0 Å². The maximum absolute atomic E-state index is 12.5. The molecule has 0 aromatic heterocycles. The van der Waals surface area contributed by atoms with Crippen molar-refractivity contribution in [2.75, 3.05) is 20.8 Å². The Morgan fingerprint density at radius 2 is 2.00 bits per heavy atom. The zero-order valence-corrected chi connectivity index (χ0v) is 13.9. The first-order chi connectivity index (χ1) is 10.7. The number of piperidine rings is 1. The summed E-state index contributed by atoms with van der Waals surface area (Å²) in [6.07, 6.45) is 5.90. The first kappa shape index (κ1) is 16.7. The molecule has 0 N–H and O–H groups in total. The Kier molecular flexibility index (Phi) is 6.10. The molecule has 1 atom stereocenters. The fourth-order valence-corrected chi connectivity index (χ4v) is 3.18. The quantitative estimate of drug-likeness (QED) is 0.808. The molecule has 0 radical (unpaired) electrons. The van der Waals surface area contributed by atoms with Gasteiger partial charge in [-0.05, 0) is 49.8 Å². The molecule has 22 heavy (non-hydrogen) atoms. The summed E-state index contributed by atoms with van der Waals surface area (Å²) in [4.78, 5) is 14.6. The van der Waals surface area contributed by atoms with Gasteiger partial charge in [0.15, 0.2) is 11.5 Å². The number of aryl methyl sites for hydroxylation is 1. The van der Waals surface area contributed by atoms with Crippen molar-refractivity contribution in [3.8, 4) is 11.5 Å². The molecular formula is C18H27NO3. The van der Waals surface area contributed by atoms with Gasteiger partial charge in [-0.3, -0.25) is 4.79 Å². The molecule has 4 nitrogen and oxygen atoms in total. The number of amides is 1. The molecule has 1 aliphatic rings. The van der Waals surface area contributed by atoms with Crippen LogP contribution in [0.15, 0.2) is 18.2 Å². The molecule has 1 amide bonds. The van der Waals surface area contributed by atoms with Gasteiger partial charge in [-0.2, -0.15) is 0 Å². The van der Waals surface area contributed by atoms with Crippen LogP contribution >= 0.6 is 0 Å². The van der Waals surface area contributed by atoms with Crippen LogP contribution in [0, 0.1) is 0 Å². The van der Waals surface area contributed by atoms with Crippen molar-refractivity contribution < 1.29 is 14.3 Å². The number of rotatable bonds is 6. The van der Waals surface area contributed by atoms with Crippen LogP contribution in [-0.2, 0) is 11.2 Å². The van der Waals surface area contributed by atoms with Crippen LogP contribution < -0.4 is 9.47 Å². The molecule has 2 rings (SSSR count). The Labute approximate surface area is 133 Å². The summed E-state index contributed by atoms with van der Waals surface area (Å²) in [5.74, 6) is 1.72. The van der Waals surface area contributed by atoms with Gasteiger partial charge < -0.3 is 14.4 Å². The van der Waals surface area contributed by atoms with Crippen molar-refractivity contribution in [3.63, 3.8) is 0 Å². The van der Waals surface area contributed by atoms with Gasteiger partial charge >= 0.3 is 0 Å². The van der Waals surface area contributed by atoms with Crippen LogP contribution in [0.25, 0.3) is 0 Å². The molecule has 0 spiro atoms. The van der Waals surface area contributed by atoms with E-state index in [1.807, 2.05) is 18.2 Å². The maximum Gasteiger partial charge on any atom is 0.223 e. The molecule has 0 bridgehead atoms. The average Bonchev–Trinajstić information content (AvgIpc) is 2.59. The minimum absolute atomic E-state index is 0.279. The van der Waals surface area contributed by atoms with Crippen LogP contribution in [0.2, 0.25) is 0 Å². The van der Waals surface area contributed by atoms with E-state index in [9.17, 15) is 4.79 Å². The highest BCUT2D eigenvalue weighted by atomic mass is 16.5. The lowest BCUT2D eigenvalue weighted by Crippen LogP contribution is -2.43. The van der Waals surface area contributed by atoms with E-state index < -0.39 is 0 Å². The summed E-state index contributed by atoms with van der Waals surface area (Å²) in [7, 11) is 3.26. The number of methoxy groups -OCH3 is 2. The summed E-state index contributed by atoms with van der Waals surface area (Å²) in [5, 5.41) is 0. The predicted octanol–water partition coefficient (Wildman–Crippen LogP) is 3.43. The van der Waals surface area contributed by atoms with Gasteiger partial charge in [0.1, 0.15) is 0 Å². The van der Waals surface area contributed by atoms with E-state index in [1.165, 1.54) is 6.42 Å². The Hall–Kier alpha value is -1.71. The highest BCUT2D eigenvalue weighted by Gasteiger charge is 2.24. The second-order valence-electron chi connectivity index (χ2n) is 5.83. The van der Waals surface area contributed by atoms with Crippen LogP contribution in [-0.4, -0.2) is 37.6 Å². The fraction of sp³-hybridized carbons (Fsp3) is 0.611. The van der Waals surface area contributed by atoms with E-state index in [1.54, 1.807) is 14.2 Å². The second-order valence-corrected chi connectivity index (χ2v) is 5.83. The maximum atomic E-state index is 12.5. The third kappa shape index (κ3) is 3.93. The molecular weight excluding hydrogens is 278 g/mol. The molecule has 122 valence electrons. The molecule has 0 aliphatic carbocycles. The van der Waals surface area contributed by atoms with Crippen molar-refractivity contribution in [3.05, 3.63) is 23.8 Å². The second kappa shape index (κ2) is 8.06. The monoisotopic (exact) mass is 305 g/mol. The van der Waals surface area contributed by atoms with Crippen molar-refractivity contribution in [2.45, 2.75) is 51.5 Å². The first-order valence-electron chi connectivity index (χ1n) is 8.20. The largest absolute Gasteiger partial charge is 0.493 e. The predicted molar refractivity (Wildman–Crippen MR) is 87.5 cm³/mol.